The van der Waals surface area contributed by atoms with Gasteiger partial charge in [-0.3, -0.25) is 0 Å². The molecule has 0 saturated heterocycles. The summed E-state index contributed by atoms with van der Waals surface area (Å²) in [7, 11) is 0. The predicted octanol–water partition coefficient (Wildman–Crippen LogP) is 4.02. The van der Waals surface area contributed by atoms with Gasteiger partial charge in [0.25, 0.3) is 0 Å². The van der Waals surface area contributed by atoms with Gasteiger partial charge in [0.2, 0.25) is 0 Å². The maximum Gasteiger partial charge on any atom is -0.0174 e. The molecule has 3 atom stereocenters. The standard InChI is InChI=1S/C10H16.C2H6/c1-3-10(2)7-8-4-5-9(10)6-8;1-2/h4-5,8-9H,3,6-7H2,1-2H3;1-2H3. The highest BCUT2D eigenvalue weighted by atomic mass is 14.5. The van der Waals surface area contributed by atoms with Crippen LogP contribution in [0.3, 0.4) is 0 Å². The zero-order chi connectivity index (χ0) is 9.19. The molecule has 0 amide bonds. The molecule has 0 radical (unpaired) electrons. The van der Waals surface area contributed by atoms with Crippen LogP contribution in [0.25, 0.3) is 0 Å². The van der Waals surface area contributed by atoms with E-state index < -0.39 is 0 Å². The molecule has 0 aromatic heterocycles. The molecule has 1 fully saturated rings. The Balaban J connectivity index is 0.000000336. The van der Waals surface area contributed by atoms with E-state index >= 15 is 0 Å². The van der Waals surface area contributed by atoms with Gasteiger partial charge in [0.15, 0.2) is 0 Å². The third-order valence-electron chi connectivity index (χ3n) is 3.60. The molecule has 2 aliphatic rings. The zero-order valence-electron chi connectivity index (χ0n) is 8.93. The van der Waals surface area contributed by atoms with Crippen LogP contribution in [0.15, 0.2) is 12.2 Å². The lowest BCUT2D eigenvalue weighted by molar-refractivity contribution is 0.251. The van der Waals surface area contributed by atoms with Gasteiger partial charge in [-0.25, -0.2) is 0 Å². The van der Waals surface area contributed by atoms with Crippen LogP contribution in [-0.2, 0) is 0 Å². The SMILES string of the molecule is CC.CCC1(C)CC2C=CC1C2. The third kappa shape index (κ3) is 1.44. The summed E-state index contributed by atoms with van der Waals surface area (Å²) in [6, 6.07) is 0. The molecule has 2 bridgehead atoms. The fraction of sp³-hybridized carbons (Fsp3) is 0.833. The van der Waals surface area contributed by atoms with E-state index in [-0.39, 0.29) is 0 Å². The molecule has 2 rings (SSSR count). The van der Waals surface area contributed by atoms with Crippen molar-refractivity contribution in [1.82, 2.24) is 0 Å². The predicted molar refractivity (Wildman–Crippen MR) is 55.1 cm³/mol. The van der Waals surface area contributed by atoms with Crippen molar-refractivity contribution in [3.63, 3.8) is 0 Å². The van der Waals surface area contributed by atoms with Gasteiger partial charge in [-0.1, -0.05) is 46.3 Å². The van der Waals surface area contributed by atoms with E-state index in [1.54, 1.807) is 0 Å². The van der Waals surface area contributed by atoms with Gasteiger partial charge in [-0.2, -0.15) is 0 Å². The highest BCUT2D eigenvalue weighted by Crippen LogP contribution is 2.53. The molecular weight excluding hydrogens is 144 g/mol. The fourth-order valence-electron chi connectivity index (χ4n) is 2.60. The lowest BCUT2D eigenvalue weighted by Crippen LogP contribution is -2.20. The van der Waals surface area contributed by atoms with Gasteiger partial charge in [0, 0.05) is 0 Å². The summed E-state index contributed by atoms with van der Waals surface area (Å²) < 4.78 is 0. The maximum atomic E-state index is 2.45. The molecule has 0 heteroatoms. The molecule has 0 N–H and O–H groups in total. The van der Waals surface area contributed by atoms with Crippen molar-refractivity contribution in [3.8, 4) is 0 Å². The summed E-state index contributed by atoms with van der Waals surface area (Å²) in [6.07, 6.45) is 9.12. The molecule has 2 aliphatic carbocycles. The first-order valence-corrected chi connectivity index (χ1v) is 5.43. The minimum atomic E-state index is 0.666. The molecule has 0 heterocycles. The molecule has 0 spiro atoms. The number of allylic oxidation sites excluding steroid dienone is 2. The molecule has 3 unspecified atom stereocenters. The monoisotopic (exact) mass is 166 g/mol. The van der Waals surface area contributed by atoms with Gasteiger partial charge in [0.1, 0.15) is 0 Å². The normalized spacial score (nSPS) is 42.7. The van der Waals surface area contributed by atoms with Gasteiger partial charge in [-0.15, -0.1) is 0 Å². The quantitative estimate of drug-likeness (QED) is 0.516. The Labute approximate surface area is 77.1 Å². The van der Waals surface area contributed by atoms with Crippen LogP contribution < -0.4 is 0 Å². The zero-order valence-corrected chi connectivity index (χ0v) is 8.93. The van der Waals surface area contributed by atoms with E-state index in [0.29, 0.717) is 5.41 Å². The van der Waals surface area contributed by atoms with E-state index in [9.17, 15) is 0 Å². The third-order valence-corrected chi connectivity index (χ3v) is 3.60. The largest absolute Gasteiger partial charge is 0.0851 e. The highest BCUT2D eigenvalue weighted by molar-refractivity contribution is 5.13. The van der Waals surface area contributed by atoms with Gasteiger partial charge >= 0.3 is 0 Å². The summed E-state index contributed by atoms with van der Waals surface area (Å²) >= 11 is 0. The Morgan fingerprint density at radius 2 is 2.00 bits per heavy atom. The van der Waals surface area contributed by atoms with Crippen LogP contribution in [0.2, 0.25) is 0 Å². The Kier molecular flexibility index (Phi) is 2.98. The molecule has 70 valence electrons. The van der Waals surface area contributed by atoms with Gasteiger partial charge < -0.3 is 0 Å². The number of fused-ring (bicyclic) bond motifs is 2. The summed E-state index contributed by atoms with van der Waals surface area (Å²) in [5, 5.41) is 0. The lowest BCUT2D eigenvalue weighted by atomic mass is 9.76. The molecule has 0 aromatic carbocycles. The van der Waals surface area contributed by atoms with Crippen LogP contribution in [0, 0.1) is 17.3 Å². The van der Waals surface area contributed by atoms with E-state index in [1.165, 1.54) is 19.3 Å². The highest BCUT2D eigenvalue weighted by Gasteiger charge is 2.43. The van der Waals surface area contributed by atoms with Crippen molar-refractivity contribution in [2.75, 3.05) is 0 Å². The summed E-state index contributed by atoms with van der Waals surface area (Å²) in [5.41, 5.74) is 0.666. The molecule has 0 aliphatic heterocycles. The molecule has 12 heavy (non-hydrogen) atoms. The summed E-state index contributed by atoms with van der Waals surface area (Å²) in [4.78, 5) is 0. The second-order valence-corrected chi connectivity index (χ2v) is 4.20. The van der Waals surface area contributed by atoms with Crippen molar-refractivity contribution in [3.05, 3.63) is 12.2 Å². The van der Waals surface area contributed by atoms with Gasteiger partial charge in [-0.05, 0) is 30.1 Å². The van der Waals surface area contributed by atoms with Crippen molar-refractivity contribution in [1.29, 1.82) is 0 Å². The van der Waals surface area contributed by atoms with E-state index in [2.05, 4.69) is 26.0 Å². The first-order valence-electron chi connectivity index (χ1n) is 5.43. The van der Waals surface area contributed by atoms with Crippen molar-refractivity contribution >= 4 is 0 Å². The van der Waals surface area contributed by atoms with Crippen LogP contribution >= 0.6 is 0 Å². The first-order chi connectivity index (χ1) is 5.74. The van der Waals surface area contributed by atoms with Crippen LogP contribution in [0.4, 0.5) is 0 Å². The number of hydrogen-bond acceptors (Lipinski definition) is 0. The smallest absolute Gasteiger partial charge is 0.0174 e. The van der Waals surface area contributed by atoms with Crippen LogP contribution in [0.1, 0.15) is 47.0 Å². The van der Waals surface area contributed by atoms with E-state index in [0.717, 1.165) is 11.8 Å². The number of hydrogen-bond donors (Lipinski definition) is 0. The summed E-state index contributed by atoms with van der Waals surface area (Å²) in [5.74, 6) is 1.86. The van der Waals surface area contributed by atoms with Crippen molar-refractivity contribution < 1.29 is 0 Å². The summed E-state index contributed by atoms with van der Waals surface area (Å²) in [6.45, 7) is 8.77. The first kappa shape index (κ1) is 9.83. The molecule has 1 saturated carbocycles. The van der Waals surface area contributed by atoms with Gasteiger partial charge in [0.05, 0.1) is 0 Å². The average Bonchev–Trinajstić information content (AvgIpc) is 2.67. The van der Waals surface area contributed by atoms with Crippen molar-refractivity contribution in [2.24, 2.45) is 17.3 Å². The lowest BCUT2D eigenvalue weighted by Gasteiger charge is -2.29. The topological polar surface area (TPSA) is 0 Å². The average molecular weight is 166 g/mol. The molecular formula is C12H22. The minimum absolute atomic E-state index is 0.666. The fourth-order valence-corrected chi connectivity index (χ4v) is 2.60. The Morgan fingerprint density at radius 3 is 2.25 bits per heavy atom. The second-order valence-electron chi connectivity index (χ2n) is 4.20. The van der Waals surface area contributed by atoms with E-state index in [1.807, 2.05) is 13.8 Å². The molecule has 0 aromatic rings. The maximum absolute atomic E-state index is 2.45. The van der Waals surface area contributed by atoms with Crippen molar-refractivity contribution in [2.45, 2.75) is 47.0 Å². The molecule has 0 nitrogen and oxygen atoms in total. The second kappa shape index (κ2) is 3.64. The Hall–Kier alpha value is -0.260. The minimum Gasteiger partial charge on any atom is -0.0851 e. The van der Waals surface area contributed by atoms with Crippen LogP contribution in [0.5, 0.6) is 0 Å². The Bertz CT molecular complexity index is 169. The Morgan fingerprint density at radius 1 is 1.33 bits per heavy atom. The number of rotatable bonds is 1. The van der Waals surface area contributed by atoms with Crippen LogP contribution in [-0.4, -0.2) is 0 Å². The van der Waals surface area contributed by atoms with E-state index in [4.69, 9.17) is 0 Å².